The van der Waals surface area contributed by atoms with Gasteiger partial charge in [-0.05, 0) is 36.4 Å². The van der Waals surface area contributed by atoms with Crippen molar-refractivity contribution in [3.8, 4) is 17.0 Å². The van der Waals surface area contributed by atoms with Crippen LogP contribution in [0.1, 0.15) is 5.56 Å². The van der Waals surface area contributed by atoms with Gasteiger partial charge in [-0.15, -0.1) is 0 Å². The molecular weight excluding hydrogens is 254 g/mol. The van der Waals surface area contributed by atoms with E-state index in [1.165, 1.54) is 0 Å². The third kappa shape index (κ3) is 1.95. The van der Waals surface area contributed by atoms with Gasteiger partial charge in [-0.3, -0.25) is 0 Å². The molecule has 5 nitrogen and oxygen atoms in total. The minimum Gasteiger partial charge on any atom is -0.507 e. The fourth-order valence-corrected chi connectivity index (χ4v) is 2.20. The predicted molar refractivity (Wildman–Crippen MR) is 77.9 cm³/mol. The Balaban J connectivity index is 2.14. The zero-order valence-corrected chi connectivity index (χ0v) is 10.5. The van der Waals surface area contributed by atoms with E-state index in [2.05, 4.69) is 10.1 Å². The third-order valence-corrected chi connectivity index (χ3v) is 3.22. The number of para-hydroxylation sites is 1. The van der Waals surface area contributed by atoms with Crippen molar-refractivity contribution in [3.63, 3.8) is 0 Å². The molecule has 0 atom stereocenters. The number of nitrogens with one attached hydrogen (secondary N) is 1. The topological polar surface area (TPSA) is 94.6 Å². The van der Waals surface area contributed by atoms with Crippen LogP contribution in [0.15, 0.2) is 53.7 Å². The molecule has 5 N–H and O–H groups in total. The van der Waals surface area contributed by atoms with Gasteiger partial charge in [-0.1, -0.05) is 17.3 Å². The Hall–Kier alpha value is -2.95. The molecule has 0 amide bonds. The van der Waals surface area contributed by atoms with Gasteiger partial charge in [-0.25, -0.2) is 0 Å². The predicted octanol–water partition coefficient (Wildman–Crippen LogP) is 2.64. The van der Waals surface area contributed by atoms with Gasteiger partial charge >= 0.3 is 0 Å². The SMILES string of the molecule is N/C(=N/O)c1ccc2[nH]c(-c3ccccc3O)cc2c1. The highest BCUT2D eigenvalue weighted by molar-refractivity contribution is 6.01. The Bertz CT molecular complexity index is 806. The Morgan fingerprint density at radius 1 is 1.10 bits per heavy atom. The first kappa shape index (κ1) is 12.1. The molecule has 1 aromatic heterocycles. The van der Waals surface area contributed by atoms with Crippen LogP contribution in [-0.2, 0) is 0 Å². The number of aromatic amines is 1. The van der Waals surface area contributed by atoms with Crippen molar-refractivity contribution in [2.75, 3.05) is 0 Å². The number of aromatic nitrogens is 1. The summed E-state index contributed by atoms with van der Waals surface area (Å²) in [6.07, 6.45) is 0. The van der Waals surface area contributed by atoms with E-state index in [4.69, 9.17) is 10.9 Å². The van der Waals surface area contributed by atoms with Gasteiger partial charge in [0, 0.05) is 22.0 Å². The van der Waals surface area contributed by atoms with Crippen LogP contribution in [0.5, 0.6) is 5.75 Å². The van der Waals surface area contributed by atoms with E-state index < -0.39 is 0 Å². The van der Waals surface area contributed by atoms with Crippen molar-refractivity contribution < 1.29 is 10.3 Å². The monoisotopic (exact) mass is 267 g/mol. The van der Waals surface area contributed by atoms with Gasteiger partial charge in [0.15, 0.2) is 5.84 Å². The number of aromatic hydroxyl groups is 1. The molecule has 0 aliphatic heterocycles. The van der Waals surface area contributed by atoms with Crippen LogP contribution < -0.4 is 5.73 Å². The lowest BCUT2D eigenvalue weighted by molar-refractivity contribution is 0.318. The molecule has 0 spiro atoms. The summed E-state index contributed by atoms with van der Waals surface area (Å²) in [7, 11) is 0. The lowest BCUT2D eigenvalue weighted by atomic mass is 10.1. The molecule has 2 aromatic carbocycles. The number of hydrogen-bond acceptors (Lipinski definition) is 3. The molecule has 0 fully saturated rings. The maximum absolute atomic E-state index is 9.88. The average molecular weight is 267 g/mol. The molecule has 0 saturated heterocycles. The summed E-state index contributed by atoms with van der Waals surface area (Å²) < 4.78 is 0. The first-order valence-corrected chi connectivity index (χ1v) is 6.08. The minimum atomic E-state index is 0.0669. The second-order valence-corrected chi connectivity index (χ2v) is 4.49. The molecule has 0 aliphatic carbocycles. The van der Waals surface area contributed by atoms with Crippen molar-refractivity contribution in [1.29, 1.82) is 0 Å². The minimum absolute atomic E-state index is 0.0669. The summed E-state index contributed by atoms with van der Waals surface area (Å²) in [6.45, 7) is 0. The van der Waals surface area contributed by atoms with E-state index >= 15 is 0 Å². The Kier molecular flexibility index (Phi) is 2.80. The molecule has 20 heavy (non-hydrogen) atoms. The molecular formula is C15H13N3O2. The number of phenolic OH excluding ortho intramolecular Hbond substituents is 1. The molecule has 5 heteroatoms. The van der Waals surface area contributed by atoms with Crippen LogP contribution >= 0.6 is 0 Å². The number of oxime groups is 1. The van der Waals surface area contributed by atoms with E-state index in [0.717, 1.165) is 22.2 Å². The third-order valence-electron chi connectivity index (χ3n) is 3.22. The standard InChI is InChI=1S/C15H13N3O2/c16-15(18-20)9-5-6-12-10(7-9)8-13(17-12)11-3-1-2-4-14(11)19/h1-8,17,19-20H,(H2,16,18). The summed E-state index contributed by atoms with van der Waals surface area (Å²) in [4.78, 5) is 3.23. The number of nitrogens with zero attached hydrogens (tertiary/aromatic N) is 1. The summed E-state index contributed by atoms with van der Waals surface area (Å²) in [6, 6.07) is 14.5. The Labute approximate surface area is 115 Å². The average Bonchev–Trinajstić information content (AvgIpc) is 2.89. The summed E-state index contributed by atoms with van der Waals surface area (Å²) in [5.74, 6) is 0.285. The summed E-state index contributed by atoms with van der Waals surface area (Å²) >= 11 is 0. The largest absolute Gasteiger partial charge is 0.507 e. The van der Waals surface area contributed by atoms with Crippen molar-refractivity contribution in [2.24, 2.45) is 10.9 Å². The van der Waals surface area contributed by atoms with Crippen LogP contribution in [0, 0.1) is 0 Å². The normalized spacial score (nSPS) is 11.9. The van der Waals surface area contributed by atoms with Gasteiger partial charge in [-0.2, -0.15) is 0 Å². The number of phenols is 1. The van der Waals surface area contributed by atoms with Crippen molar-refractivity contribution >= 4 is 16.7 Å². The van der Waals surface area contributed by atoms with Crippen LogP contribution in [0.4, 0.5) is 0 Å². The molecule has 3 aromatic rings. The van der Waals surface area contributed by atoms with Gasteiger partial charge in [0.2, 0.25) is 0 Å². The van der Waals surface area contributed by atoms with Gasteiger partial charge in [0.1, 0.15) is 5.75 Å². The van der Waals surface area contributed by atoms with Crippen LogP contribution in [0.25, 0.3) is 22.2 Å². The second kappa shape index (κ2) is 4.62. The van der Waals surface area contributed by atoms with Gasteiger partial charge in [0.05, 0.1) is 5.69 Å². The number of nitrogens with two attached hydrogens (primary N) is 1. The highest BCUT2D eigenvalue weighted by Crippen LogP contribution is 2.30. The van der Waals surface area contributed by atoms with E-state index in [-0.39, 0.29) is 11.6 Å². The quantitative estimate of drug-likeness (QED) is 0.249. The van der Waals surface area contributed by atoms with Crippen LogP contribution in [0.2, 0.25) is 0 Å². The number of fused-ring (bicyclic) bond motifs is 1. The molecule has 100 valence electrons. The Morgan fingerprint density at radius 3 is 2.65 bits per heavy atom. The number of amidine groups is 1. The number of hydrogen-bond donors (Lipinski definition) is 4. The lowest BCUT2D eigenvalue weighted by Gasteiger charge is -2.00. The fourth-order valence-electron chi connectivity index (χ4n) is 2.20. The van der Waals surface area contributed by atoms with E-state index in [9.17, 15) is 5.11 Å². The molecule has 3 rings (SSSR count). The van der Waals surface area contributed by atoms with Crippen molar-refractivity contribution in [2.45, 2.75) is 0 Å². The van der Waals surface area contributed by atoms with Gasteiger partial charge < -0.3 is 21.0 Å². The molecule has 0 aliphatic rings. The maximum atomic E-state index is 9.88. The summed E-state index contributed by atoms with van der Waals surface area (Å²) in [5.41, 5.74) is 8.68. The summed E-state index contributed by atoms with van der Waals surface area (Å²) in [5, 5.41) is 22.5. The second-order valence-electron chi connectivity index (χ2n) is 4.49. The molecule has 0 unspecified atom stereocenters. The zero-order chi connectivity index (χ0) is 14.1. The highest BCUT2D eigenvalue weighted by Gasteiger charge is 2.08. The number of benzene rings is 2. The first-order chi connectivity index (χ1) is 9.69. The van der Waals surface area contributed by atoms with E-state index in [0.29, 0.717) is 5.56 Å². The molecule has 1 heterocycles. The van der Waals surface area contributed by atoms with Crippen LogP contribution in [0.3, 0.4) is 0 Å². The smallest absolute Gasteiger partial charge is 0.170 e. The highest BCUT2D eigenvalue weighted by atomic mass is 16.4. The van der Waals surface area contributed by atoms with E-state index in [1.807, 2.05) is 30.3 Å². The Morgan fingerprint density at radius 2 is 1.90 bits per heavy atom. The molecule has 0 saturated carbocycles. The zero-order valence-electron chi connectivity index (χ0n) is 10.5. The van der Waals surface area contributed by atoms with E-state index in [1.54, 1.807) is 18.2 Å². The van der Waals surface area contributed by atoms with Gasteiger partial charge in [0.25, 0.3) is 0 Å². The first-order valence-electron chi connectivity index (χ1n) is 6.08. The number of rotatable bonds is 2. The van der Waals surface area contributed by atoms with Crippen LogP contribution in [-0.4, -0.2) is 21.1 Å². The molecule has 0 radical (unpaired) electrons. The maximum Gasteiger partial charge on any atom is 0.170 e. The van der Waals surface area contributed by atoms with Crippen molar-refractivity contribution in [1.82, 2.24) is 4.98 Å². The molecule has 0 bridgehead atoms. The lowest BCUT2D eigenvalue weighted by Crippen LogP contribution is -2.12. The van der Waals surface area contributed by atoms with Crippen molar-refractivity contribution in [3.05, 3.63) is 54.1 Å². The number of H-pyrrole nitrogens is 1. The fraction of sp³-hybridized carbons (Fsp3) is 0.